The molecule has 0 radical (unpaired) electrons. The summed E-state index contributed by atoms with van der Waals surface area (Å²) >= 11 is 0. The number of fused-ring (bicyclic) bond motifs is 2. The van der Waals surface area contributed by atoms with Gasteiger partial charge in [0, 0.05) is 0 Å². The average molecular weight is 338 g/mol. The molecular weight excluding hydrogens is 316 g/mol. The number of benzene rings is 2. The third-order valence-electron chi connectivity index (χ3n) is 4.74. The maximum absolute atomic E-state index is 12.1. The summed E-state index contributed by atoms with van der Waals surface area (Å²) in [4.78, 5) is 23.4. The molecule has 0 spiro atoms. The summed E-state index contributed by atoms with van der Waals surface area (Å²) in [7, 11) is 1.57. The molecule has 0 amide bonds. The molecule has 0 N–H and O–H groups in total. The summed E-state index contributed by atoms with van der Waals surface area (Å²) in [5.74, 6) is 0.453. The SMILES string of the molecule is CCOC(=O)CC1Cc2cc(C=O)c(OC)cc2Cc2ccccc21. The van der Waals surface area contributed by atoms with E-state index in [0.29, 0.717) is 30.8 Å². The number of methoxy groups -OCH3 is 1. The minimum absolute atomic E-state index is 0.0457. The van der Waals surface area contributed by atoms with Gasteiger partial charge in [-0.25, -0.2) is 0 Å². The minimum atomic E-state index is -0.185. The Morgan fingerprint density at radius 1 is 1.20 bits per heavy atom. The van der Waals surface area contributed by atoms with Gasteiger partial charge in [-0.15, -0.1) is 0 Å². The van der Waals surface area contributed by atoms with E-state index in [-0.39, 0.29) is 11.9 Å². The molecule has 1 unspecified atom stereocenters. The zero-order valence-corrected chi connectivity index (χ0v) is 14.6. The van der Waals surface area contributed by atoms with Crippen LogP contribution >= 0.6 is 0 Å². The molecule has 0 saturated heterocycles. The van der Waals surface area contributed by atoms with E-state index in [1.165, 1.54) is 11.1 Å². The van der Waals surface area contributed by atoms with Gasteiger partial charge in [0.25, 0.3) is 0 Å². The van der Waals surface area contributed by atoms with Gasteiger partial charge in [-0.1, -0.05) is 24.3 Å². The molecule has 1 aliphatic carbocycles. The smallest absolute Gasteiger partial charge is 0.306 e. The second kappa shape index (κ2) is 7.51. The lowest BCUT2D eigenvalue weighted by atomic mass is 9.88. The molecule has 3 rings (SSSR count). The normalized spacial score (nSPS) is 15.5. The van der Waals surface area contributed by atoms with Crippen LogP contribution in [0.25, 0.3) is 0 Å². The number of hydrogen-bond acceptors (Lipinski definition) is 4. The molecule has 0 fully saturated rings. The van der Waals surface area contributed by atoms with Crippen LogP contribution in [0.5, 0.6) is 5.75 Å². The van der Waals surface area contributed by atoms with Crippen molar-refractivity contribution in [1.29, 1.82) is 0 Å². The third-order valence-corrected chi connectivity index (χ3v) is 4.74. The average Bonchev–Trinajstić information content (AvgIpc) is 2.76. The first-order valence-electron chi connectivity index (χ1n) is 8.54. The summed E-state index contributed by atoms with van der Waals surface area (Å²) in [6.07, 6.45) is 2.63. The van der Waals surface area contributed by atoms with Crippen molar-refractivity contribution in [1.82, 2.24) is 0 Å². The highest BCUT2D eigenvalue weighted by Crippen LogP contribution is 2.36. The second-order valence-corrected chi connectivity index (χ2v) is 6.27. The van der Waals surface area contributed by atoms with Gasteiger partial charge < -0.3 is 9.47 Å². The van der Waals surface area contributed by atoms with E-state index < -0.39 is 0 Å². The Morgan fingerprint density at radius 2 is 2.00 bits per heavy atom. The first-order chi connectivity index (χ1) is 12.2. The summed E-state index contributed by atoms with van der Waals surface area (Å²) < 4.78 is 10.5. The van der Waals surface area contributed by atoms with Gasteiger partial charge in [0.05, 0.1) is 25.7 Å². The Bertz CT molecular complexity index is 794. The van der Waals surface area contributed by atoms with Gasteiger partial charge in [0.1, 0.15) is 5.75 Å². The van der Waals surface area contributed by atoms with Gasteiger partial charge in [-0.05, 0) is 60.1 Å². The van der Waals surface area contributed by atoms with Crippen molar-refractivity contribution in [2.75, 3.05) is 13.7 Å². The first kappa shape index (κ1) is 17.2. The lowest BCUT2D eigenvalue weighted by Crippen LogP contribution is -2.13. The number of carbonyl (C=O) groups excluding carboxylic acids is 2. The molecule has 25 heavy (non-hydrogen) atoms. The summed E-state index contributed by atoms with van der Waals surface area (Å²) in [5.41, 5.74) is 5.16. The first-order valence-corrected chi connectivity index (χ1v) is 8.54. The van der Waals surface area contributed by atoms with E-state index in [0.717, 1.165) is 23.8 Å². The molecule has 4 heteroatoms. The number of aldehydes is 1. The molecule has 0 saturated carbocycles. The second-order valence-electron chi connectivity index (χ2n) is 6.27. The predicted octanol–water partition coefficient (Wildman–Crippen LogP) is 3.69. The van der Waals surface area contributed by atoms with Gasteiger partial charge >= 0.3 is 5.97 Å². The minimum Gasteiger partial charge on any atom is -0.496 e. The van der Waals surface area contributed by atoms with E-state index in [1.807, 2.05) is 31.2 Å². The molecule has 0 heterocycles. The zero-order valence-electron chi connectivity index (χ0n) is 14.6. The largest absolute Gasteiger partial charge is 0.496 e. The van der Waals surface area contributed by atoms with Crippen molar-refractivity contribution in [2.24, 2.45) is 0 Å². The Kier molecular flexibility index (Phi) is 5.17. The zero-order chi connectivity index (χ0) is 17.8. The standard InChI is InChI=1S/C21H22O4/c1-3-25-21(23)12-17-9-15-10-18(13-22)20(24-2)11-16(15)8-14-6-4-5-7-19(14)17/h4-7,10-11,13,17H,3,8-9,12H2,1-2H3. The summed E-state index contributed by atoms with van der Waals surface area (Å²) in [5, 5.41) is 0. The molecule has 1 atom stereocenters. The lowest BCUT2D eigenvalue weighted by molar-refractivity contribution is -0.143. The molecule has 0 aliphatic heterocycles. The molecule has 0 bridgehead atoms. The van der Waals surface area contributed by atoms with E-state index in [4.69, 9.17) is 9.47 Å². The molecule has 130 valence electrons. The van der Waals surface area contributed by atoms with E-state index in [2.05, 4.69) is 12.1 Å². The van der Waals surface area contributed by atoms with E-state index in [1.54, 1.807) is 7.11 Å². The number of hydrogen-bond donors (Lipinski definition) is 0. The molecule has 2 aromatic rings. The van der Waals surface area contributed by atoms with Crippen LogP contribution in [0.15, 0.2) is 36.4 Å². The van der Waals surface area contributed by atoms with Gasteiger partial charge in [0.15, 0.2) is 6.29 Å². The van der Waals surface area contributed by atoms with Crippen molar-refractivity contribution >= 4 is 12.3 Å². The number of esters is 1. The Balaban J connectivity index is 2.04. The number of carbonyl (C=O) groups is 2. The van der Waals surface area contributed by atoms with Crippen molar-refractivity contribution in [2.45, 2.75) is 32.1 Å². The van der Waals surface area contributed by atoms with Crippen molar-refractivity contribution in [3.8, 4) is 5.75 Å². The quantitative estimate of drug-likeness (QED) is 0.616. The lowest BCUT2D eigenvalue weighted by Gasteiger charge is -2.17. The van der Waals surface area contributed by atoms with E-state index in [9.17, 15) is 9.59 Å². The van der Waals surface area contributed by atoms with E-state index >= 15 is 0 Å². The maximum Gasteiger partial charge on any atom is 0.306 e. The van der Waals surface area contributed by atoms with Crippen LogP contribution in [0.4, 0.5) is 0 Å². The van der Waals surface area contributed by atoms with Gasteiger partial charge in [-0.2, -0.15) is 0 Å². The maximum atomic E-state index is 12.1. The fourth-order valence-electron chi connectivity index (χ4n) is 3.59. The van der Waals surface area contributed by atoms with Gasteiger partial charge in [-0.3, -0.25) is 9.59 Å². The van der Waals surface area contributed by atoms with Crippen molar-refractivity contribution in [3.63, 3.8) is 0 Å². The Labute approximate surface area is 147 Å². The highest BCUT2D eigenvalue weighted by atomic mass is 16.5. The highest BCUT2D eigenvalue weighted by molar-refractivity contribution is 5.80. The molecule has 1 aliphatic rings. The van der Waals surface area contributed by atoms with Crippen LogP contribution in [0.3, 0.4) is 0 Å². The number of ether oxygens (including phenoxy) is 2. The van der Waals surface area contributed by atoms with Crippen molar-refractivity contribution in [3.05, 3.63) is 64.2 Å². The summed E-state index contributed by atoms with van der Waals surface area (Å²) in [6.45, 7) is 2.20. The Morgan fingerprint density at radius 3 is 2.72 bits per heavy atom. The fourth-order valence-corrected chi connectivity index (χ4v) is 3.59. The monoisotopic (exact) mass is 338 g/mol. The van der Waals surface area contributed by atoms with Crippen LogP contribution in [0.1, 0.15) is 51.9 Å². The van der Waals surface area contributed by atoms with Crippen LogP contribution in [0.2, 0.25) is 0 Å². The van der Waals surface area contributed by atoms with Gasteiger partial charge in [0.2, 0.25) is 0 Å². The number of rotatable bonds is 5. The summed E-state index contributed by atoms with van der Waals surface area (Å²) in [6, 6.07) is 12.0. The topological polar surface area (TPSA) is 52.6 Å². The Hall–Kier alpha value is -2.62. The molecule has 4 nitrogen and oxygen atoms in total. The predicted molar refractivity (Wildman–Crippen MR) is 95.3 cm³/mol. The molecule has 0 aromatic heterocycles. The van der Waals surface area contributed by atoms with Crippen LogP contribution in [-0.2, 0) is 22.4 Å². The fraction of sp³-hybridized carbons (Fsp3) is 0.333. The van der Waals surface area contributed by atoms with Crippen molar-refractivity contribution < 1.29 is 19.1 Å². The molecule has 2 aromatic carbocycles. The highest BCUT2D eigenvalue weighted by Gasteiger charge is 2.25. The van der Waals surface area contributed by atoms with Crippen LogP contribution < -0.4 is 4.74 Å². The third kappa shape index (κ3) is 3.58. The van der Waals surface area contributed by atoms with Crippen LogP contribution in [0, 0.1) is 0 Å². The van der Waals surface area contributed by atoms with Crippen LogP contribution in [-0.4, -0.2) is 26.0 Å². The molecular formula is C21H22O4.